The number of halogens is 2. The summed E-state index contributed by atoms with van der Waals surface area (Å²) in [7, 11) is 0. The summed E-state index contributed by atoms with van der Waals surface area (Å²) in [5.41, 5.74) is 0. The molecule has 1 aromatic rings. The molecule has 0 spiro atoms. The summed E-state index contributed by atoms with van der Waals surface area (Å²) in [6.45, 7) is 1.05. The van der Waals surface area contributed by atoms with E-state index in [0.29, 0.717) is 0 Å². The van der Waals surface area contributed by atoms with Crippen molar-refractivity contribution in [2.75, 3.05) is 11.9 Å². The lowest BCUT2D eigenvalue weighted by Crippen LogP contribution is -2.21. The van der Waals surface area contributed by atoms with E-state index in [-0.39, 0.29) is 0 Å². The van der Waals surface area contributed by atoms with E-state index in [9.17, 15) is 0 Å². The van der Waals surface area contributed by atoms with Crippen molar-refractivity contribution in [1.82, 2.24) is 4.98 Å². The van der Waals surface area contributed by atoms with Crippen LogP contribution in [0.2, 0.25) is 0 Å². The summed E-state index contributed by atoms with van der Waals surface area (Å²) >= 11 is 6.86. The molecule has 0 saturated heterocycles. The summed E-state index contributed by atoms with van der Waals surface area (Å²) < 4.78 is 2.02. The van der Waals surface area contributed by atoms with Crippen LogP contribution in [0, 0.1) is 5.92 Å². The van der Waals surface area contributed by atoms with E-state index < -0.39 is 0 Å². The molecule has 1 N–H and O–H groups in total. The fourth-order valence-corrected chi connectivity index (χ4v) is 2.61. The standard InChI is InChI=1S/C10H12Br2N2/c11-8-4-9(12)10(14-6-8)13-5-7-2-1-3-7/h4,6-7H,1-3,5H2,(H,13,14). The molecular formula is C10H12Br2N2. The molecule has 14 heavy (non-hydrogen) atoms. The number of nitrogens with zero attached hydrogens (tertiary/aromatic N) is 1. The molecule has 2 nitrogen and oxygen atoms in total. The molecule has 1 saturated carbocycles. The van der Waals surface area contributed by atoms with Gasteiger partial charge in [0.1, 0.15) is 5.82 Å². The molecule has 4 heteroatoms. The highest BCUT2D eigenvalue weighted by atomic mass is 79.9. The molecule has 0 aromatic carbocycles. The molecular weight excluding hydrogens is 308 g/mol. The second kappa shape index (κ2) is 4.62. The van der Waals surface area contributed by atoms with Gasteiger partial charge in [0.15, 0.2) is 0 Å². The molecule has 2 rings (SSSR count). The van der Waals surface area contributed by atoms with Gasteiger partial charge < -0.3 is 5.32 Å². The second-order valence-corrected chi connectivity index (χ2v) is 5.43. The van der Waals surface area contributed by atoms with E-state index in [1.54, 1.807) is 0 Å². The van der Waals surface area contributed by atoms with Gasteiger partial charge in [-0.25, -0.2) is 4.98 Å². The number of hydrogen-bond acceptors (Lipinski definition) is 2. The third-order valence-electron chi connectivity index (χ3n) is 2.59. The number of aromatic nitrogens is 1. The number of hydrogen-bond donors (Lipinski definition) is 1. The Hall–Kier alpha value is -0.0900. The van der Waals surface area contributed by atoms with Gasteiger partial charge in [0.05, 0.1) is 4.47 Å². The van der Waals surface area contributed by atoms with E-state index >= 15 is 0 Å². The monoisotopic (exact) mass is 318 g/mol. The van der Waals surface area contributed by atoms with Crippen molar-refractivity contribution in [2.24, 2.45) is 5.92 Å². The Labute approximate surface area is 101 Å². The first-order valence-corrected chi connectivity index (χ1v) is 6.39. The van der Waals surface area contributed by atoms with Gasteiger partial charge in [-0.2, -0.15) is 0 Å². The molecule has 1 aliphatic rings. The summed E-state index contributed by atoms with van der Waals surface area (Å²) in [5, 5.41) is 3.36. The lowest BCUT2D eigenvalue weighted by molar-refractivity contribution is 0.333. The number of nitrogens with one attached hydrogen (secondary N) is 1. The average Bonchev–Trinajstić information content (AvgIpc) is 2.05. The third kappa shape index (κ3) is 2.48. The second-order valence-electron chi connectivity index (χ2n) is 3.66. The Balaban J connectivity index is 1.94. The molecule has 1 fully saturated rings. The fraction of sp³-hybridized carbons (Fsp3) is 0.500. The predicted octanol–water partition coefficient (Wildman–Crippen LogP) is 3.82. The minimum absolute atomic E-state index is 0.854. The maximum absolute atomic E-state index is 4.30. The number of anilines is 1. The molecule has 0 radical (unpaired) electrons. The van der Waals surface area contributed by atoms with Crippen molar-refractivity contribution in [3.05, 3.63) is 21.2 Å². The first kappa shape index (κ1) is 10.4. The first-order chi connectivity index (χ1) is 6.75. The molecule has 76 valence electrons. The fourth-order valence-electron chi connectivity index (χ4n) is 1.48. The molecule has 1 heterocycles. The zero-order valence-electron chi connectivity index (χ0n) is 7.76. The summed E-state index contributed by atoms with van der Waals surface area (Å²) in [6, 6.07) is 2.01. The zero-order chi connectivity index (χ0) is 9.97. The van der Waals surface area contributed by atoms with Crippen LogP contribution in [0.1, 0.15) is 19.3 Å². The minimum atomic E-state index is 0.854. The molecule has 0 amide bonds. The topological polar surface area (TPSA) is 24.9 Å². The van der Waals surface area contributed by atoms with Crippen LogP contribution >= 0.6 is 31.9 Å². The summed E-state index contributed by atoms with van der Waals surface area (Å²) in [4.78, 5) is 4.30. The maximum Gasteiger partial charge on any atom is 0.140 e. The Morgan fingerprint density at radius 3 is 2.79 bits per heavy atom. The van der Waals surface area contributed by atoms with Gasteiger partial charge in [0, 0.05) is 17.2 Å². The summed E-state index contributed by atoms with van der Waals surface area (Å²) in [5.74, 6) is 1.80. The Morgan fingerprint density at radius 2 is 2.21 bits per heavy atom. The first-order valence-electron chi connectivity index (χ1n) is 4.80. The third-order valence-corrected chi connectivity index (χ3v) is 3.63. The highest BCUT2D eigenvalue weighted by Crippen LogP contribution is 2.28. The lowest BCUT2D eigenvalue weighted by Gasteiger charge is -2.25. The highest BCUT2D eigenvalue weighted by molar-refractivity contribution is 9.11. The van der Waals surface area contributed by atoms with Gasteiger partial charge in [-0.15, -0.1) is 0 Å². The number of pyridine rings is 1. The quantitative estimate of drug-likeness (QED) is 0.916. The normalized spacial score (nSPS) is 16.4. The van der Waals surface area contributed by atoms with Gasteiger partial charge in [0.2, 0.25) is 0 Å². The molecule has 1 aromatic heterocycles. The van der Waals surface area contributed by atoms with Crippen molar-refractivity contribution < 1.29 is 0 Å². The van der Waals surface area contributed by atoms with Gasteiger partial charge >= 0.3 is 0 Å². The van der Waals surface area contributed by atoms with Gasteiger partial charge in [-0.05, 0) is 56.7 Å². The van der Waals surface area contributed by atoms with Gasteiger partial charge in [-0.1, -0.05) is 6.42 Å². The zero-order valence-corrected chi connectivity index (χ0v) is 10.9. The van der Waals surface area contributed by atoms with Gasteiger partial charge in [-0.3, -0.25) is 0 Å². The highest BCUT2D eigenvalue weighted by Gasteiger charge is 2.17. The molecule has 0 aliphatic heterocycles. The van der Waals surface area contributed by atoms with Crippen LogP contribution < -0.4 is 5.32 Å². The lowest BCUT2D eigenvalue weighted by atomic mass is 9.85. The van der Waals surface area contributed by atoms with E-state index in [1.165, 1.54) is 19.3 Å². The Kier molecular flexibility index (Phi) is 3.44. The molecule has 0 bridgehead atoms. The van der Waals surface area contributed by atoms with Crippen LogP contribution in [0.4, 0.5) is 5.82 Å². The van der Waals surface area contributed by atoms with Crippen molar-refractivity contribution in [3.8, 4) is 0 Å². The van der Waals surface area contributed by atoms with Crippen molar-refractivity contribution in [3.63, 3.8) is 0 Å². The van der Waals surface area contributed by atoms with Crippen LogP contribution in [-0.2, 0) is 0 Å². The number of rotatable bonds is 3. The Bertz CT molecular complexity index is 324. The SMILES string of the molecule is Brc1cnc(NCC2CCC2)c(Br)c1. The largest absolute Gasteiger partial charge is 0.369 e. The average molecular weight is 320 g/mol. The van der Waals surface area contributed by atoms with Crippen LogP contribution in [0.5, 0.6) is 0 Å². The van der Waals surface area contributed by atoms with Crippen LogP contribution in [0.3, 0.4) is 0 Å². The van der Waals surface area contributed by atoms with E-state index in [1.807, 2.05) is 12.3 Å². The van der Waals surface area contributed by atoms with Crippen LogP contribution in [-0.4, -0.2) is 11.5 Å². The van der Waals surface area contributed by atoms with Crippen molar-refractivity contribution >= 4 is 37.7 Å². The molecule has 0 unspecified atom stereocenters. The summed E-state index contributed by atoms with van der Waals surface area (Å²) in [6.07, 6.45) is 5.93. The molecule has 1 aliphatic carbocycles. The van der Waals surface area contributed by atoms with Crippen molar-refractivity contribution in [1.29, 1.82) is 0 Å². The van der Waals surface area contributed by atoms with E-state index in [0.717, 1.165) is 27.2 Å². The van der Waals surface area contributed by atoms with Crippen LogP contribution in [0.25, 0.3) is 0 Å². The van der Waals surface area contributed by atoms with Crippen LogP contribution in [0.15, 0.2) is 21.2 Å². The van der Waals surface area contributed by atoms with E-state index in [2.05, 4.69) is 42.2 Å². The predicted molar refractivity (Wildman–Crippen MR) is 65.5 cm³/mol. The minimum Gasteiger partial charge on any atom is -0.369 e. The molecule has 0 atom stereocenters. The Morgan fingerprint density at radius 1 is 1.43 bits per heavy atom. The van der Waals surface area contributed by atoms with Crippen molar-refractivity contribution in [2.45, 2.75) is 19.3 Å². The van der Waals surface area contributed by atoms with E-state index in [4.69, 9.17) is 0 Å². The van der Waals surface area contributed by atoms with Gasteiger partial charge in [0.25, 0.3) is 0 Å². The smallest absolute Gasteiger partial charge is 0.140 e. The maximum atomic E-state index is 4.30.